The van der Waals surface area contributed by atoms with Crippen molar-refractivity contribution in [1.29, 1.82) is 0 Å². The summed E-state index contributed by atoms with van der Waals surface area (Å²) >= 11 is 0. The smallest absolute Gasteiger partial charge is 0.352 e. The van der Waals surface area contributed by atoms with E-state index >= 15 is 0 Å². The number of halogens is 4. The van der Waals surface area contributed by atoms with E-state index in [1.165, 1.54) is 24.3 Å². The SMILES string of the molecule is O=C(/C=C/c1ccc(F)cc1)N1CCC(CC2C=CC=CC2)(C(=O)NCc2cccc(C(F)(F)F)c2)CC1. The molecule has 0 radical (unpaired) electrons. The highest BCUT2D eigenvalue weighted by atomic mass is 19.4. The van der Waals surface area contributed by atoms with E-state index < -0.39 is 17.2 Å². The zero-order valence-corrected chi connectivity index (χ0v) is 20.9. The van der Waals surface area contributed by atoms with Crippen molar-refractivity contribution < 1.29 is 27.2 Å². The Labute approximate surface area is 219 Å². The lowest BCUT2D eigenvalue weighted by molar-refractivity contribution is -0.139. The number of hydrogen-bond acceptors (Lipinski definition) is 2. The van der Waals surface area contributed by atoms with Gasteiger partial charge in [-0.15, -0.1) is 0 Å². The van der Waals surface area contributed by atoms with Crippen molar-refractivity contribution in [3.63, 3.8) is 0 Å². The zero-order chi connectivity index (χ0) is 27.2. The molecule has 4 rings (SSSR count). The maximum atomic E-state index is 13.5. The van der Waals surface area contributed by atoms with Crippen molar-refractivity contribution in [2.75, 3.05) is 13.1 Å². The van der Waals surface area contributed by atoms with Crippen LogP contribution in [0.2, 0.25) is 0 Å². The van der Waals surface area contributed by atoms with Crippen molar-refractivity contribution in [2.45, 2.75) is 38.4 Å². The van der Waals surface area contributed by atoms with Gasteiger partial charge < -0.3 is 10.2 Å². The lowest BCUT2D eigenvalue weighted by Crippen LogP contribution is -2.50. The second-order valence-corrected chi connectivity index (χ2v) is 9.88. The quantitative estimate of drug-likeness (QED) is 0.340. The average Bonchev–Trinajstić information content (AvgIpc) is 2.92. The minimum absolute atomic E-state index is 0.00599. The van der Waals surface area contributed by atoms with E-state index in [0.717, 1.165) is 18.6 Å². The van der Waals surface area contributed by atoms with E-state index in [1.807, 2.05) is 12.2 Å². The Morgan fingerprint density at radius 3 is 2.45 bits per heavy atom. The number of carbonyl (C=O) groups is 2. The van der Waals surface area contributed by atoms with Gasteiger partial charge in [0.05, 0.1) is 11.0 Å². The normalized spacial score (nSPS) is 19.1. The standard InChI is InChI=1S/C30H30F4N2O2/c31-26-12-9-22(10-13-26)11-14-27(37)36-17-15-29(16-18-36,20-23-5-2-1-3-6-23)28(38)35-21-24-7-4-8-25(19-24)30(32,33)34/h1-5,7-14,19,23H,6,15-18,20-21H2,(H,35,38)/b14-11+. The van der Waals surface area contributed by atoms with Crippen LogP contribution >= 0.6 is 0 Å². The Balaban J connectivity index is 1.43. The summed E-state index contributed by atoms with van der Waals surface area (Å²) in [4.78, 5) is 28.0. The topological polar surface area (TPSA) is 49.4 Å². The van der Waals surface area contributed by atoms with Crippen LogP contribution in [0.5, 0.6) is 0 Å². The number of likely N-dealkylation sites (tertiary alicyclic amines) is 1. The van der Waals surface area contributed by atoms with Crippen molar-refractivity contribution in [3.05, 3.63) is 101 Å². The Bertz CT molecular complexity index is 1220. The molecule has 1 fully saturated rings. The zero-order valence-electron chi connectivity index (χ0n) is 20.9. The van der Waals surface area contributed by atoms with Crippen LogP contribution in [0.4, 0.5) is 17.6 Å². The Morgan fingerprint density at radius 1 is 1.05 bits per heavy atom. The monoisotopic (exact) mass is 526 g/mol. The van der Waals surface area contributed by atoms with Crippen LogP contribution in [-0.4, -0.2) is 29.8 Å². The minimum Gasteiger partial charge on any atom is -0.352 e. The van der Waals surface area contributed by atoms with Gasteiger partial charge >= 0.3 is 6.18 Å². The minimum atomic E-state index is -4.45. The van der Waals surface area contributed by atoms with Crippen LogP contribution in [0, 0.1) is 17.2 Å². The third-order valence-electron chi connectivity index (χ3n) is 7.23. The highest BCUT2D eigenvalue weighted by Crippen LogP contribution is 2.40. The van der Waals surface area contributed by atoms with Gasteiger partial charge in [0, 0.05) is 25.7 Å². The Morgan fingerprint density at radius 2 is 1.79 bits per heavy atom. The molecule has 1 aliphatic heterocycles. The van der Waals surface area contributed by atoms with Crippen LogP contribution in [0.15, 0.2) is 78.9 Å². The van der Waals surface area contributed by atoms with Crippen molar-refractivity contribution in [1.82, 2.24) is 10.2 Å². The summed E-state index contributed by atoms with van der Waals surface area (Å²) in [6, 6.07) is 10.8. The second kappa shape index (κ2) is 11.8. The van der Waals surface area contributed by atoms with E-state index in [-0.39, 0.29) is 30.1 Å². The summed E-state index contributed by atoms with van der Waals surface area (Å²) in [5, 5.41) is 2.88. The van der Waals surface area contributed by atoms with E-state index in [0.29, 0.717) is 43.5 Å². The molecule has 1 N–H and O–H groups in total. The summed E-state index contributed by atoms with van der Waals surface area (Å²) in [5.74, 6) is -0.574. The lowest BCUT2D eigenvalue weighted by atomic mass is 9.70. The van der Waals surface area contributed by atoms with Crippen LogP contribution in [0.1, 0.15) is 42.4 Å². The molecule has 1 heterocycles. The number of allylic oxidation sites excluding steroid dienone is 4. The fraction of sp³-hybridized carbons (Fsp3) is 0.333. The van der Waals surface area contributed by atoms with E-state index in [2.05, 4.69) is 17.5 Å². The van der Waals surface area contributed by atoms with Gasteiger partial charge in [-0.3, -0.25) is 9.59 Å². The number of piperidine rings is 1. The van der Waals surface area contributed by atoms with Gasteiger partial charge in [-0.1, -0.05) is 48.6 Å². The predicted molar refractivity (Wildman–Crippen MR) is 138 cm³/mol. The Hall–Kier alpha value is -3.68. The van der Waals surface area contributed by atoms with Gasteiger partial charge in [-0.2, -0.15) is 13.2 Å². The lowest BCUT2D eigenvalue weighted by Gasteiger charge is -2.42. The van der Waals surface area contributed by atoms with Gasteiger partial charge in [0.15, 0.2) is 0 Å². The number of hydrogen-bond donors (Lipinski definition) is 1. The number of nitrogens with zero attached hydrogens (tertiary/aromatic N) is 1. The first-order valence-electron chi connectivity index (χ1n) is 12.6. The van der Waals surface area contributed by atoms with Gasteiger partial charge in [0.1, 0.15) is 5.82 Å². The van der Waals surface area contributed by atoms with Crippen molar-refractivity contribution in [3.8, 4) is 0 Å². The summed E-state index contributed by atoms with van der Waals surface area (Å²) in [6.45, 7) is 0.764. The summed E-state index contributed by atoms with van der Waals surface area (Å²) in [6.07, 6.45) is 8.98. The maximum Gasteiger partial charge on any atom is 0.416 e. The molecule has 38 heavy (non-hydrogen) atoms. The molecule has 0 bridgehead atoms. The van der Waals surface area contributed by atoms with E-state index in [9.17, 15) is 27.2 Å². The molecule has 8 heteroatoms. The molecular formula is C30H30F4N2O2. The highest BCUT2D eigenvalue weighted by Gasteiger charge is 2.43. The number of alkyl halides is 3. The Kier molecular flexibility index (Phi) is 8.49. The first-order valence-corrected chi connectivity index (χ1v) is 12.6. The van der Waals surface area contributed by atoms with Crippen LogP contribution < -0.4 is 5.32 Å². The molecule has 2 aliphatic rings. The van der Waals surface area contributed by atoms with Gasteiger partial charge in [-0.05, 0) is 73.1 Å². The molecule has 2 amide bonds. The number of benzene rings is 2. The van der Waals surface area contributed by atoms with Gasteiger partial charge in [0.25, 0.3) is 0 Å². The molecule has 4 nitrogen and oxygen atoms in total. The second-order valence-electron chi connectivity index (χ2n) is 9.88. The van der Waals surface area contributed by atoms with E-state index in [1.54, 1.807) is 29.2 Å². The molecule has 1 unspecified atom stereocenters. The predicted octanol–water partition coefficient (Wildman–Crippen LogP) is 6.31. The van der Waals surface area contributed by atoms with Crippen LogP contribution in [0.25, 0.3) is 6.08 Å². The molecule has 1 saturated heterocycles. The third-order valence-corrected chi connectivity index (χ3v) is 7.23. The van der Waals surface area contributed by atoms with Crippen molar-refractivity contribution in [2.24, 2.45) is 11.3 Å². The molecule has 2 aromatic rings. The number of amides is 2. The number of rotatable bonds is 7. The number of nitrogens with one attached hydrogen (secondary N) is 1. The molecule has 2 aromatic carbocycles. The first-order chi connectivity index (χ1) is 18.1. The first kappa shape index (κ1) is 27.4. The summed E-state index contributed by atoms with van der Waals surface area (Å²) in [7, 11) is 0. The average molecular weight is 527 g/mol. The van der Waals surface area contributed by atoms with E-state index in [4.69, 9.17) is 0 Å². The highest BCUT2D eigenvalue weighted by molar-refractivity contribution is 5.92. The van der Waals surface area contributed by atoms with Crippen LogP contribution in [-0.2, 0) is 22.3 Å². The summed E-state index contributed by atoms with van der Waals surface area (Å²) in [5.41, 5.74) is -0.405. The molecular weight excluding hydrogens is 496 g/mol. The van der Waals surface area contributed by atoms with Gasteiger partial charge in [0.2, 0.25) is 11.8 Å². The molecule has 1 atom stereocenters. The molecule has 0 spiro atoms. The maximum absolute atomic E-state index is 13.5. The van der Waals surface area contributed by atoms with Crippen molar-refractivity contribution >= 4 is 17.9 Å². The third kappa shape index (κ3) is 7.00. The molecule has 0 aromatic heterocycles. The fourth-order valence-electron chi connectivity index (χ4n) is 5.04. The van der Waals surface area contributed by atoms with Gasteiger partial charge in [-0.25, -0.2) is 4.39 Å². The number of carbonyl (C=O) groups excluding carboxylic acids is 2. The molecule has 1 aliphatic carbocycles. The fourth-order valence-corrected chi connectivity index (χ4v) is 5.04. The largest absolute Gasteiger partial charge is 0.416 e. The molecule has 0 saturated carbocycles. The summed E-state index contributed by atoms with van der Waals surface area (Å²) < 4.78 is 52.4. The van der Waals surface area contributed by atoms with Crippen LogP contribution in [0.3, 0.4) is 0 Å². The molecule has 200 valence electrons.